The van der Waals surface area contributed by atoms with Crippen molar-refractivity contribution in [2.24, 2.45) is 0 Å². The highest BCUT2D eigenvalue weighted by molar-refractivity contribution is 7.12. The van der Waals surface area contributed by atoms with E-state index in [-0.39, 0.29) is 0 Å². The van der Waals surface area contributed by atoms with E-state index in [1.54, 1.807) is 25.6 Å². The second kappa shape index (κ2) is 8.35. The van der Waals surface area contributed by atoms with Crippen molar-refractivity contribution in [3.63, 3.8) is 0 Å². The second-order valence-corrected chi connectivity index (χ2v) is 7.26. The van der Waals surface area contributed by atoms with Crippen molar-refractivity contribution in [2.45, 2.75) is 12.8 Å². The Labute approximate surface area is 168 Å². The number of benzene rings is 2. The Morgan fingerprint density at radius 2 is 1.79 bits per heavy atom. The molecule has 0 N–H and O–H groups in total. The number of hydrogen-bond acceptors (Lipinski definition) is 5. The van der Waals surface area contributed by atoms with Gasteiger partial charge in [-0.2, -0.15) is 0 Å². The fourth-order valence-corrected chi connectivity index (χ4v) is 3.95. The standard InChI is InChI=1S/C22H22N2O3S/c1-25-20-12-18-19(13-21(20)26-2)24(15-23-18)22-11-17(14-28-22)27-10-6-9-16-7-4-3-5-8-16/h3-5,7-8,11-15H,6,9-10H2,1-2H3. The van der Waals surface area contributed by atoms with E-state index in [2.05, 4.69) is 29.2 Å². The SMILES string of the molecule is COc1cc2ncn(-c3cc(OCCCc4ccccc4)cs3)c2cc1OC. The summed E-state index contributed by atoms with van der Waals surface area (Å²) in [6.45, 7) is 0.695. The number of aryl methyl sites for hydroxylation is 1. The number of ether oxygens (including phenoxy) is 3. The Kier molecular flexibility index (Phi) is 5.48. The van der Waals surface area contributed by atoms with Crippen LogP contribution in [0.3, 0.4) is 0 Å². The van der Waals surface area contributed by atoms with Gasteiger partial charge in [-0.1, -0.05) is 30.3 Å². The minimum atomic E-state index is 0.675. The zero-order valence-electron chi connectivity index (χ0n) is 15.9. The van der Waals surface area contributed by atoms with E-state index in [9.17, 15) is 0 Å². The number of methoxy groups -OCH3 is 2. The first kappa shape index (κ1) is 18.4. The molecule has 2 aromatic heterocycles. The fourth-order valence-electron chi connectivity index (χ4n) is 3.13. The number of rotatable bonds is 8. The summed E-state index contributed by atoms with van der Waals surface area (Å²) < 4.78 is 18.8. The van der Waals surface area contributed by atoms with E-state index in [4.69, 9.17) is 14.2 Å². The molecule has 0 atom stereocenters. The molecule has 0 aliphatic carbocycles. The van der Waals surface area contributed by atoms with Crippen molar-refractivity contribution >= 4 is 22.4 Å². The molecule has 0 bridgehead atoms. The van der Waals surface area contributed by atoms with Crippen LogP contribution in [-0.4, -0.2) is 30.4 Å². The van der Waals surface area contributed by atoms with Gasteiger partial charge in [-0.3, -0.25) is 4.57 Å². The van der Waals surface area contributed by atoms with Crippen LogP contribution in [-0.2, 0) is 6.42 Å². The Bertz CT molecular complexity index is 1060. The van der Waals surface area contributed by atoms with Crippen LogP contribution in [0, 0.1) is 0 Å². The predicted molar refractivity (Wildman–Crippen MR) is 112 cm³/mol. The Balaban J connectivity index is 1.45. The molecule has 4 rings (SSSR count). The van der Waals surface area contributed by atoms with Crippen LogP contribution in [0.5, 0.6) is 17.2 Å². The van der Waals surface area contributed by atoms with E-state index >= 15 is 0 Å². The lowest BCUT2D eigenvalue weighted by atomic mass is 10.1. The summed E-state index contributed by atoms with van der Waals surface area (Å²) in [6.07, 6.45) is 3.82. The molecule has 6 heteroatoms. The molecule has 0 unspecified atom stereocenters. The molecule has 0 saturated carbocycles. The van der Waals surface area contributed by atoms with Crippen LogP contribution >= 0.6 is 11.3 Å². The number of fused-ring (bicyclic) bond motifs is 1. The quantitative estimate of drug-likeness (QED) is 0.389. The lowest BCUT2D eigenvalue weighted by Crippen LogP contribution is -1.98. The average Bonchev–Trinajstić information content (AvgIpc) is 3.37. The topological polar surface area (TPSA) is 45.5 Å². The molecule has 0 aliphatic rings. The number of hydrogen-bond donors (Lipinski definition) is 0. The zero-order chi connectivity index (χ0) is 19.3. The van der Waals surface area contributed by atoms with E-state index in [0.717, 1.165) is 34.6 Å². The second-order valence-electron chi connectivity index (χ2n) is 6.37. The van der Waals surface area contributed by atoms with Gasteiger partial charge in [0, 0.05) is 23.6 Å². The summed E-state index contributed by atoms with van der Waals surface area (Å²) in [7, 11) is 3.26. The third-order valence-corrected chi connectivity index (χ3v) is 5.48. The summed E-state index contributed by atoms with van der Waals surface area (Å²) in [5.41, 5.74) is 3.16. The molecule has 2 heterocycles. The van der Waals surface area contributed by atoms with E-state index in [1.807, 2.05) is 40.5 Å². The highest BCUT2D eigenvalue weighted by atomic mass is 32.1. The van der Waals surface area contributed by atoms with Gasteiger partial charge in [0.25, 0.3) is 0 Å². The molecule has 5 nitrogen and oxygen atoms in total. The highest BCUT2D eigenvalue weighted by Crippen LogP contribution is 2.34. The molecule has 0 aliphatic heterocycles. The lowest BCUT2D eigenvalue weighted by molar-refractivity contribution is 0.312. The summed E-state index contributed by atoms with van der Waals surface area (Å²) in [4.78, 5) is 4.49. The van der Waals surface area contributed by atoms with Crippen LogP contribution in [0.2, 0.25) is 0 Å². The van der Waals surface area contributed by atoms with Crippen molar-refractivity contribution in [2.75, 3.05) is 20.8 Å². The van der Waals surface area contributed by atoms with Gasteiger partial charge in [0.2, 0.25) is 0 Å². The van der Waals surface area contributed by atoms with Crippen LogP contribution in [0.4, 0.5) is 0 Å². The first-order valence-electron chi connectivity index (χ1n) is 9.13. The van der Waals surface area contributed by atoms with Crippen molar-refractivity contribution in [3.8, 4) is 22.2 Å². The Morgan fingerprint density at radius 3 is 2.57 bits per heavy atom. The smallest absolute Gasteiger partial charge is 0.163 e. The third-order valence-electron chi connectivity index (χ3n) is 4.57. The molecule has 28 heavy (non-hydrogen) atoms. The number of imidazole rings is 1. The van der Waals surface area contributed by atoms with Crippen molar-refractivity contribution in [3.05, 3.63) is 65.8 Å². The minimum absolute atomic E-state index is 0.675. The summed E-state index contributed by atoms with van der Waals surface area (Å²) in [6, 6.07) is 16.4. The number of aromatic nitrogens is 2. The van der Waals surface area contributed by atoms with Gasteiger partial charge in [0.05, 0.1) is 31.9 Å². The summed E-state index contributed by atoms with van der Waals surface area (Å²) in [5.74, 6) is 2.25. The molecule has 0 amide bonds. The van der Waals surface area contributed by atoms with Gasteiger partial charge in [0.15, 0.2) is 11.5 Å². The van der Waals surface area contributed by atoms with Gasteiger partial charge in [0.1, 0.15) is 17.1 Å². The Hall–Kier alpha value is -2.99. The fraction of sp³-hybridized carbons (Fsp3) is 0.227. The number of thiophene rings is 1. The first-order chi connectivity index (χ1) is 13.8. The largest absolute Gasteiger partial charge is 0.493 e. The van der Waals surface area contributed by atoms with Crippen LogP contribution < -0.4 is 14.2 Å². The first-order valence-corrected chi connectivity index (χ1v) is 10.0. The average molecular weight is 394 g/mol. The van der Waals surface area contributed by atoms with E-state index < -0.39 is 0 Å². The van der Waals surface area contributed by atoms with Crippen molar-refractivity contribution in [1.82, 2.24) is 9.55 Å². The highest BCUT2D eigenvalue weighted by Gasteiger charge is 2.13. The maximum atomic E-state index is 5.93. The molecule has 0 saturated heterocycles. The molecular formula is C22H22N2O3S. The van der Waals surface area contributed by atoms with Gasteiger partial charge < -0.3 is 14.2 Å². The minimum Gasteiger partial charge on any atom is -0.493 e. The van der Waals surface area contributed by atoms with Gasteiger partial charge in [-0.25, -0.2) is 4.98 Å². The normalized spacial score (nSPS) is 10.9. The maximum Gasteiger partial charge on any atom is 0.163 e. The molecule has 0 fully saturated rings. The van der Waals surface area contributed by atoms with E-state index in [1.165, 1.54) is 5.56 Å². The molecular weight excluding hydrogens is 372 g/mol. The van der Waals surface area contributed by atoms with E-state index in [0.29, 0.717) is 18.1 Å². The predicted octanol–water partition coefficient (Wildman–Crippen LogP) is 5.12. The number of nitrogens with zero attached hydrogens (tertiary/aromatic N) is 2. The molecule has 144 valence electrons. The monoisotopic (exact) mass is 394 g/mol. The van der Waals surface area contributed by atoms with Crippen LogP contribution in [0.15, 0.2) is 60.2 Å². The van der Waals surface area contributed by atoms with Crippen LogP contribution in [0.1, 0.15) is 12.0 Å². The van der Waals surface area contributed by atoms with Gasteiger partial charge in [-0.15, -0.1) is 11.3 Å². The molecule has 0 spiro atoms. The lowest BCUT2D eigenvalue weighted by Gasteiger charge is -2.08. The summed E-state index contributed by atoms with van der Waals surface area (Å²) >= 11 is 1.63. The molecule has 2 aromatic carbocycles. The summed E-state index contributed by atoms with van der Waals surface area (Å²) in [5, 5.41) is 3.08. The van der Waals surface area contributed by atoms with Crippen LogP contribution in [0.25, 0.3) is 16.0 Å². The molecule has 4 aromatic rings. The maximum absolute atomic E-state index is 5.93. The Morgan fingerprint density at radius 1 is 1.00 bits per heavy atom. The van der Waals surface area contributed by atoms with Gasteiger partial charge in [-0.05, 0) is 18.4 Å². The zero-order valence-corrected chi connectivity index (χ0v) is 16.7. The van der Waals surface area contributed by atoms with Gasteiger partial charge >= 0.3 is 0 Å². The molecule has 0 radical (unpaired) electrons. The van der Waals surface area contributed by atoms with Crippen molar-refractivity contribution in [1.29, 1.82) is 0 Å². The third kappa shape index (κ3) is 3.82. The van der Waals surface area contributed by atoms with Crippen molar-refractivity contribution < 1.29 is 14.2 Å².